The van der Waals surface area contributed by atoms with Crippen molar-refractivity contribution in [2.75, 3.05) is 17.7 Å². The van der Waals surface area contributed by atoms with E-state index in [4.69, 9.17) is 16.3 Å². The van der Waals surface area contributed by atoms with Crippen LogP contribution in [-0.2, 0) is 0 Å². The molecule has 3 aromatic carbocycles. The van der Waals surface area contributed by atoms with Gasteiger partial charge in [0.15, 0.2) is 0 Å². The molecule has 0 aliphatic heterocycles. The Bertz CT molecular complexity index is 1370. The molecular formula is C26H23ClN4O3. The van der Waals surface area contributed by atoms with E-state index in [9.17, 15) is 9.59 Å². The third-order valence-corrected chi connectivity index (χ3v) is 5.59. The highest BCUT2D eigenvalue weighted by atomic mass is 35.5. The van der Waals surface area contributed by atoms with E-state index in [1.165, 1.54) is 13.2 Å². The molecule has 0 bridgehead atoms. The molecular weight excluding hydrogens is 452 g/mol. The van der Waals surface area contributed by atoms with E-state index < -0.39 is 5.91 Å². The van der Waals surface area contributed by atoms with Crippen LogP contribution in [0.15, 0.2) is 72.8 Å². The highest BCUT2D eigenvalue weighted by Gasteiger charge is 2.20. The first kappa shape index (κ1) is 23.1. The minimum absolute atomic E-state index is 0.265. The number of aryl methyl sites for hydroxylation is 1. The number of aromatic nitrogens is 2. The fourth-order valence-corrected chi connectivity index (χ4v) is 3.83. The van der Waals surface area contributed by atoms with Gasteiger partial charge in [0, 0.05) is 5.02 Å². The van der Waals surface area contributed by atoms with Crippen LogP contribution in [0.5, 0.6) is 5.75 Å². The summed E-state index contributed by atoms with van der Waals surface area (Å²) in [5, 5.41) is 10.7. The molecule has 0 aliphatic rings. The number of hydrogen-bond acceptors (Lipinski definition) is 4. The van der Waals surface area contributed by atoms with Gasteiger partial charge in [0.1, 0.15) is 5.75 Å². The van der Waals surface area contributed by atoms with Crippen molar-refractivity contribution in [3.05, 3.63) is 100 Å². The van der Waals surface area contributed by atoms with Gasteiger partial charge in [0.25, 0.3) is 11.8 Å². The third-order valence-electron chi connectivity index (χ3n) is 5.36. The summed E-state index contributed by atoms with van der Waals surface area (Å²) in [6.45, 7) is 3.73. The molecule has 2 amide bonds. The average molecular weight is 475 g/mol. The molecule has 4 aromatic rings. The van der Waals surface area contributed by atoms with E-state index in [0.717, 1.165) is 11.4 Å². The largest absolute Gasteiger partial charge is 0.496 e. The second-order valence-corrected chi connectivity index (χ2v) is 8.03. The molecule has 172 valence electrons. The number of nitrogens with zero attached hydrogens (tertiary/aromatic N) is 2. The average Bonchev–Trinajstić information content (AvgIpc) is 3.13. The lowest BCUT2D eigenvalue weighted by Gasteiger charge is -2.13. The van der Waals surface area contributed by atoms with Crippen LogP contribution in [0.3, 0.4) is 0 Å². The molecule has 0 aliphatic carbocycles. The molecule has 0 fully saturated rings. The van der Waals surface area contributed by atoms with Crippen molar-refractivity contribution in [3.63, 3.8) is 0 Å². The minimum Gasteiger partial charge on any atom is -0.496 e. The smallest absolute Gasteiger partial charge is 0.259 e. The first-order valence-corrected chi connectivity index (χ1v) is 10.9. The molecule has 4 rings (SSSR count). The van der Waals surface area contributed by atoms with Crippen molar-refractivity contribution in [2.45, 2.75) is 13.8 Å². The lowest BCUT2D eigenvalue weighted by atomic mass is 10.1. The molecule has 0 unspecified atom stereocenters. The molecule has 7 nitrogen and oxygen atoms in total. The molecule has 34 heavy (non-hydrogen) atoms. The Kier molecular flexibility index (Phi) is 6.65. The number of nitrogens with one attached hydrogen (secondary N) is 2. The molecule has 0 spiro atoms. The van der Waals surface area contributed by atoms with E-state index >= 15 is 0 Å². The zero-order valence-corrected chi connectivity index (χ0v) is 19.7. The van der Waals surface area contributed by atoms with Gasteiger partial charge < -0.3 is 15.4 Å². The first-order valence-electron chi connectivity index (χ1n) is 10.6. The standard InChI is InChI=1S/C26H23ClN4O3/c1-16-24(17(2)31(30-16)19-9-5-4-6-10-19)29-25(32)20-11-7-8-12-22(20)28-26(33)21-15-18(27)13-14-23(21)34-3/h4-15H,1-3H3,(H,28,33)(H,29,32). The number of benzene rings is 3. The number of halogens is 1. The molecule has 2 N–H and O–H groups in total. The van der Waals surface area contributed by atoms with Crippen LogP contribution in [0.1, 0.15) is 32.1 Å². The van der Waals surface area contributed by atoms with Gasteiger partial charge in [-0.1, -0.05) is 41.9 Å². The molecule has 1 aromatic heterocycles. The highest BCUT2D eigenvalue weighted by molar-refractivity contribution is 6.31. The monoisotopic (exact) mass is 474 g/mol. The minimum atomic E-state index is -0.441. The molecule has 0 saturated heterocycles. The Morgan fingerprint density at radius 2 is 1.56 bits per heavy atom. The summed E-state index contributed by atoms with van der Waals surface area (Å²) in [7, 11) is 1.47. The van der Waals surface area contributed by atoms with Crippen molar-refractivity contribution < 1.29 is 14.3 Å². The van der Waals surface area contributed by atoms with Gasteiger partial charge in [-0.3, -0.25) is 9.59 Å². The van der Waals surface area contributed by atoms with Crippen LogP contribution >= 0.6 is 11.6 Å². The summed E-state index contributed by atoms with van der Waals surface area (Å²) in [6.07, 6.45) is 0. The Morgan fingerprint density at radius 1 is 0.882 bits per heavy atom. The molecule has 0 atom stereocenters. The van der Waals surface area contributed by atoms with E-state index in [1.807, 2.05) is 44.2 Å². The number of para-hydroxylation sites is 2. The number of carbonyl (C=O) groups excluding carboxylic acids is 2. The second kappa shape index (κ2) is 9.80. The number of methoxy groups -OCH3 is 1. The van der Waals surface area contributed by atoms with Crippen molar-refractivity contribution in [3.8, 4) is 11.4 Å². The van der Waals surface area contributed by atoms with E-state index in [2.05, 4.69) is 15.7 Å². The van der Waals surface area contributed by atoms with Crippen LogP contribution in [0.2, 0.25) is 5.02 Å². The van der Waals surface area contributed by atoms with Gasteiger partial charge in [0.05, 0.1) is 46.7 Å². The zero-order valence-electron chi connectivity index (χ0n) is 18.9. The Balaban J connectivity index is 1.61. The van der Waals surface area contributed by atoms with Crippen LogP contribution in [0.4, 0.5) is 11.4 Å². The van der Waals surface area contributed by atoms with Crippen molar-refractivity contribution in [1.82, 2.24) is 9.78 Å². The topological polar surface area (TPSA) is 85.2 Å². The number of rotatable bonds is 6. The van der Waals surface area contributed by atoms with Gasteiger partial charge in [-0.25, -0.2) is 4.68 Å². The molecule has 1 heterocycles. The second-order valence-electron chi connectivity index (χ2n) is 7.59. The van der Waals surface area contributed by atoms with Gasteiger partial charge in [-0.05, 0) is 56.3 Å². The van der Waals surface area contributed by atoms with Gasteiger partial charge >= 0.3 is 0 Å². The number of ether oxygens (including phenoxy) is 1. The summed E-state index contributed by atoms with van der Waals surface area (Å²) in [5.41, 5.74) is 3.92. The summed E-state index contributed by atoms with van der Waals surface area (Å²) in [4.78, 5) is 26.2. The van der Waals surface area contributed by atoms with Crippen LogP contribution in [0, 0.1) is 13.8 Å². The van der Waals surface area contributed by atoms with E-state index in [0.29, 0.717) is 33.4 Å². The van der Waals surface area contributed by atoms with Crippen LogP contribution in [0.25, 0.3) is 5.69 Å². The number of anilines is 2. The SMILES string of the molecule is COc1ccc(Cl)cc1C(=O)Nc1ccccc1C(=O)Nc1c(C)nn(-c2ccccc2)c1C. The Morgan fingerprint density at radius 3 is 2.29 bits per heavy atom. The lowest BCUT2D eigenvalue weighted by Crippen LogP contribution is -2.19. The fraction of sp³-hybridized carbons (Fsp3) is 0.115. The zero-order chi connectivity index (χ0) is 24.2. The maximum absolute atomic E-state index is 13.2. The first-order chi connectivity index (χ1) is 16.4. The van der Waals surface area contributed by atoms with Crippen LogP contribution < -0.4 is 15.4 Å². The maximum Gasteiger partial charge on any atom is 0.259 e. The van der Waals surface area contributed by atoms with Crippen molar-refractivity contribution in [2.24, 2.45) is 0 Å². The Hall–Kier alpha value is -4.10. The predicted octanol–water partition coefficient (Wildman–Crippen LogP) is 5.66. The summed E-state index contributed by atoms with van der Waals surface area (Å²) in [6, 6.07) is 21.2. The molecule has 0 saturated carbocycles. The summed E-state index contributed by atoms with van der Waals surface area (Å²) in [5.74, 6) is -0.431. The van der Waals surface area contributed by atoms with Crippen molar-refractivity contribution >= 4 is 34.8 Å². The van der Waals surface area contributed by atoms with Gasteiger partial charge in [-0.2, -0.15) is 5.10 Å². The van der Waals surface area contributed by atoms with Gasteiger partial charge in [-0.15, -0.1) is 0 Å². The van der Waals surface area contributed by atoms with Gasteiger partial charge in [0.2, 0.25) is 0 Å². The lowest BCUT2D eigenvalue weighted by molar-refractivity contribution is 0.102. The number of carbonyl (C=O) groups is 2. The third kappa shape index (κ3) is 4.65. The maximum atomic E-state index is 13.2. The quantitative estimate of drug-likeness (QED) is 0.378. The van der Waals surface area contributed by atoms with Crippen LogP contribution in [-0.4, -0.2) is 28.7 Å². The highest BCUT2D eigenvalue weighted by Crippen LogP contribution is 2.27. The Labute approximate surface area is 202 Å². The van der Waals surface area contributed by atoms with E-state index in [1.54, 1.807) is 41.1 Å². The molecule has 0 radical (unpaired) electrons. The van der Waals surface area contributed by atoms with E-state index in [-0.39, 0.29) is 11.5 Å². The number of amides is 2. The molecule has 8 heteroatoms. The number of hydrogen-bond donors (Lipinski definition) is 2. The summed E-state index contributed by atoms with van der Waals surface area (Å²) >= 11 is 6.06. The van der Waals surface area contributed by atoms with Crippen molar-refractivity contribution in [1.29, 1.82) is 0 Å². The fourth-order valence-electron chi connectivity index (χ4n) is 3.66. The predicted molar refractivity (Wildman–Crippen MR) is 133 cm³/mol. The normalized spacial score (nSPS) is 10.6. The summed E-state index contributed by atoms with van der Waals surface area (Å²) < 4.78 is 7.05.